The fourth-order valence-electron chi connectivity index (χ4n) is 3.24. The van der Waals surface area contributed by atoms with E-state index in [-0.39, 0.29) is 5.38 Å². The first-order valence-corrected chi connectivity index (χ1v) is 7.37. The van der Waals surface area contributed by atoms with E-state index < -0.39 is 0 Å². The number of halogens is 1. The van der Waals surface area contributed by atoms with Crippen molar-refractivity contribution in [3.63, 3.8) is 0 Å². The number of alkyl halides is 1. The van der Waals surface area contributed by atoms with Crippen LogP contribution >= 0.6 is 11.6 Å². The maximum absolute atomic E-state index is 6.70. The van der Waals surface area contributed by atoms with Gasteiger partial charge in [0.05, 0.1) is 5.38 Å². The molecule has 0 heterocycles. The minimum Gasteiger partial charge on any atom is -0.117 e. The van der Waals surface area contributed by atoms with Gasteiger partial charge in [-0.25, -0.2) is 0 Å². The predicted octanol–water partition coefficient (Wildman–Crippen LogP) is 5.77. The van der Waals surface area contributed by atoms with E-state index in [0.29, 0.717) is 22.7 Å². The van der Waals surface area contributed by atoms with Crippen molar-refractivity contribution >= 4 is 11.6 Å². The zero-order valence-corrected chi connectivity index (χ0v) is 13.2. The average molecular weight is 265 g/mol. The van der Waals surface area contributed by atoms with Crippen LogP contribution in [0.1, 0.15) is 64.0 Å². The maximum Gasteiger partial charge on any atom is 0.0624 e. The lowest BCUT2D eigenvalue weighted by Gasteiger charge is -2.13. The maximum atomic E-state index is 6.70. The molecular formula is C17H25Cl. The molecular weight excluding hydrogens is 240 g/mol. The van der Waals surface area contributed by atoms with E-state index in [9.17, 15) is 0 Å². The number of benzene rings is 1. The van der Waals surface area contributed by atoms with Gasteiger partial charge in [0.1, 0.15) is 0 Å². The largest absolute Gasteiger partial charge is 0.117 e. The Hall–Kier alpha value is -0.490. The highest BCUT2D eigenvalue weighted by molar-refractivity contribution is 6.21. The molecule has 0 amide bonds. The lowest BCUT2D eigenvalue weighted by Crippen LogP contribution is -2.00. The molecule has 0 radical (unpaired) electrons. The summed E-state index contributed by atoms with van der Waals surface area (Å²) in [7, 11) is 0. The Bertz CT molecular complexity index is 411. The van der Waals surface area contributed by atoms with E-state index in [1.807, 2.05) is 0 Å². The number of rotatable bonds is 3. The Morgan fingerprint density at radius 3 is 1.61 bits per heavy atom. The van der Waals surface area contributed by atoms with Gasteiger partial charge in [-0.3, -0.25) is 0 Å². The lowest BCUT2D eigenvalue weighted by molar-refractivity contribution is 0.457. The minimum absolute atomic E-state index is 0.135. The second kappa shape index (κ2) is 4.27. The molecule has 0 N–H and O–H groups in total. The van der Waals surface area contributed by atoms with Crippen LogP contribution in [0.3, 0.4) is 0 Å². The molecule has 1 fully saturated rings. The first-order chi connectivity index (χ1) is 8.19. The summed E-state index contributed by atoms with van der Waals surface area (Å²) in [4.78, 5) is 0. The summed E-state index contributed by atoms with van der Waals surface area (Å²) in [6, 6.07) is 8.85. The van der Waals surface area contributed by atoms with Gasteiger partial charge in [-0.2, -0.15) is 0 Å². The normalized spacial score (nSPS) is 23.1. The van der Waals surface area contributed by atoms with Crippen LogP contribution < -0.4 is 0 Å². The summed E-state index contributed by atoms with van der Waals surface area (Å²) >= 11 is 6.70. The van der Waals surface area contributed by atoms with Gasteiger partial charge in [-0.1, -0.05) is 65.8 Å². The van der Waals surface area contributed by atoms with E-state index in [1.54, 1.807) is 0 Å². The average Bonchev–Trinajstić information content (AvgIpc) is 2.69. The van der Waals surface area contributed by atoms with Gasteiger partial charge in [-0.15, -0.1) is 11.6 Å². The van der Waals surface area contributed by atoms with Crippen LogP contribution in [0, 0.1) is 16.7 Å². The van der Waals surface area contributed by atoms with Gasteiger partial charge in [0, 0.05) is 0 Å². The third kappa shape index (κ3) is 1.99. The Kier molecular flexibility index (Phi) is 3.30. The molecule has 0 spiro atoms. The molecule has 1 aliphatic carbocycles. The number of hydrogen-bond donors (Lipinski definition) is 0. The fraction of sp³-hybridized carbons (Fsp3) is 0.647. The van der Waals surface area contributed by atoms with E-state index in [1.165, 1.54) is 11.1 Å². The van der Waals surface area contributed by atoms with Crippen molar-refractivity contribution < 1.29 is 0 Å². The van der Waals surface area contributed by atoms with Crippen LogP contribution in [0.5, 0.6) is 0 Å². The molecule has 0 nitrogen and oxygen atoms in total. The van der Waals surface area contributed by atoms with E-state index >= 15 is 0 Å². The van der Waals surface area contributed by atoms with Crippen molar-refractivity contribution in [2.24, 2.45) is 16.7 Å². The molecule has 1 aromatic rings. The Labute approximate surface area is 117 Å². The highest BCUT2D eigenvalue weighted by atomic mass is 35.5. The van der Waals surface area contributed by atoms with Gasteiger partial charge < -0.3 is 0 Å². The van der Waals surface area contributed by atoms with E-state index in [4.69, 9.17) is 11.6 Å². The Morgan fingerprint density at radius 2 is 1.28 bits per heavy atom. The van der Waals surface area contributed by atoms with E-state index in [2.05, 4.69) is 65.8 Å². The molecule has 0 aromatic heterocycles. The summed E-state index contributed by atoms with van der Waals surface area (Å²) in [5.74, 6) is 1.15. The standard InChI is InChI=1S/C17H25Cl/c1-11(2)12-7-9-13(10-8-12)14(18)15-16(3,4)17(15,5)6/h7-11,14-15H,1-6H3. The van der Waals surface area contributed by atoms with Crippen molar-refractivity contribution in [3.05, 3.63) is 35.4 Å². The van der Waals surface area contributed by atoms with Crippen LogP contribution in [-0.2, 0) is 0 Å². The Morgan fingerprint density at radius 1 is 0.889 bits per heavy atom. The van der Waals surface area contributed by atoms with Crippen molar-refractivity contribution in [1.82, 2.24) is 0 Å². The molecule has 1 aliphatic rings. The summed E-state index contributed by atoms with van der Waals surface area (Å²) in [5.41, 5.74) is 3.34. The summed E-state index contributed by atoms with van der Waals surface area (Å²) in [6.45, 7) is 13.8. The second-order valence-corrected chi connectivity index (χ2v) is 7.61. The van der Waals surface area contributed by atoms with Crippen molar-refractivity contribution in [3.8, 4) is 0 Å². The molecule has 1 atom stereocenters. The van der Waals surface area contributed by atoms with Crippen LogP contribution in [-0.4, -0.2) is 0 Å². The van der Waals surface area contributed by atoms with E-state index in [0.717, 1.165) is 0 Å². The molecule has 18 heavy (non-hydrogen) atoms. The molecule has 1 aromatic carbocycles. The molecule has 2 rings (SSSR count). The molecule has 1 unspecified atom stereocenters. The smallest absolute Gasteiger partial charge is 0.0624 e. The van der Waals surface area contributed by atoms with Gasteiger partial charge in [0.2, 0.25) is 0 Å². The van der Waals surface area contributed by atoms with Gasteiger partial charge >= 0.3 is 0 Å². The Balaban J connectivity index is 2.19. The molecule has 1 heteroatoms. The van der Waals surface area contributed by atoms with Crippen molar-refractivity contribution in [1.29, 1.82) is 0 Å². The molecule has 0 saturated heterocycles. The molecule has 0 aliphatic heterocycles. The zero-order valence-electron chi connectivity index (χ0n) is 12.4. The fourth-order valence-corrected chi connectivity index (χ4v) is 4.01. The molecule has 0 bridgehead atoms. The summed E-state index contributed by atoms with van der Waals surface area (Å²) in [6.07, 6.45) is 0. The van der Waals surface area contributed by atoms with Crippen LogP contribution in [0.15, 0.2) is 24.3 Å². The lowest BCUT2D eigenvalue weighted by atomic mass is 9.97. The minimum atomic E-state index is 0.135. The highest BCUT2D eigenvalue weighted by Gasteiger charge is 2.67. The monoisotopic (exact) mass is 264 g/mol. The SMILES string of the molecule is CC(C)c1ccc(C(Cl)C2C(C)(C)C2(C)C)cc1. The van der Waals surface area contributed by atoms with Crippen LogP contribution in [0.2, 0.25) is 0 Å². The van der Waals surface area contributed by atoms with Crippen molar-refractivity contribution in [2.75, 3.05) is 0 Å². The summed E-state index contributed by atoms with van der Waals surface area (Å²) in [5, 5.41) is 0.135. The third-order valence-corrected chi connectivity index (χ3v) is 5.85. The first kappa shape index (κ1) is 13.9. The number of hydrogen-bond acceptors (Lipinski definition) is 0. The predicted molar refractivity (Wildman–Crippen MR) is 80.2 cm³/mol. The van der Waals surface area contributed by atoms with Gasteiger partial charge in [0.15, 0.2) is 0 Å². The molecule has 1 saturated carbocycles. The topological polar surface area (TPSA) is 0 Å². The quantitative estimate of drug-likeness (QED) is 0.608. The van der Waals surface area contributed by atoms with Crippen LogP contribution in [0.25, 0.3) is 0 Å². The summed E-state index contributed by atoms with van der Waals surface area (Å²) < 4.78 is 0. The van der Waals surface area contributed by atoms with Crippen LogP contribution in [0.4, 0.5) is 0 Å². The molecule has 100 valence electrons. The van der Waals surface area contributed by atoms with Gasteiger partial charge in [0.25, 0.3) is 0 Å². The zero-order chi connectivity index (χ0) is 13.7. The first-order valence-electron chi connectivity index (χ1n) is 6.93. The van der Waals surface area contributed by atoms with Gasteiger partial charge in [-0.05, 0) is 33.8 Å². The second-order valence-electron chi connectivity index (χ2n) is 7.14. The third-order valence-electron chi connectivity index (χ3n) is 5.35. The highest BCUT2D eigenvalue weighted by Crippen LogP contribution is 2.73. The van der Waals surface area contributed by atoms with Crippen molar-refractivity contribution in [2.45, 2.75) is 52.8 Å².